The van der Waals surface area contributed by atoms with Crippen molar-refractivity contribution in [2.75, 3.05) is 39.6 Å². The molecule has 9 fully saturated rings. The molecule has 9 saturated heterocycles. The van der Waals surface area contributed by atoms with E-state index in [0.717, 1.165) is 13.8 Å². The molecule has 9 heterocycles. The summed E-state index contributed by atoms with van der Waals surface area (Å²) in [6, 6.07) is -3.92. The SMILES string of the molecule is CC(=O)N[C@H]1[C@H](OC[C@H]2O[C@@H](O[C@H]3[C@H](O)[C@@H](O)C(O)O[C@@H]3CO)[C@H](O)[C@@H](O[C@@H]3O[C@H](CO)[C@@H](O)[C@H](O[C@@H]4O[C@H](CO)[C@H](O)[C@H](O)[C@H]4O[C@@H]4O[C@@H](C)[C@@H](O)[C@@H](O)[C@@H]4O)[C@H]3NC(C)=O)[C@H]2O)O[C@H](CO)[C@@H](O[C@@H]2O[C@H](CO)[C@H](O)[C@H](O)[C@H]2O[C@@H]2O[C@@H](C)[C@@H](O)[C@@H](O)[C@@H]2O)[C@@H]1O[C@@H]1O[C@@H](C)[C@@H](O)[C@@H](O)[C@@H]1O. The van der Waals surface area contributed by atoms with E-state index in [2.05, 4.69) is 10.6 Å². The molecule has 0 aromatic heterocycles. The van der Waals surface area contributed by atoms with Gasteiger partial charge in [0.2, 0.25) is 11.8 Å². The number of carbonyl (C=O) groups excluding carboxylic acids is 2. The van der Waals surface area contributed by atoms with E-state index in [1.165, 1.54) is 20.8 Å². The van der Waals surface area contributed by atoms with Crippen molar-refractivity contribution in [3.63, 3.8) is 0 Å². The molecule has 45 nitrogen and oxygen atoms in total. The lowest BCUT2D eigenvalue weighted by Gasteiger charge is -2.51. The Balaban J connectivity index is 1.06. The summed E-state index contributed by atoms with van der Waals surface area (Å²) in [5, 5.41) is 269. The lowest BCUT2D eigenvalue weighted by atomic mass is 9.93. The third-order valence-corrected chi connectivity index (χ3v) is 19.4. The van der Waals surface area contributed by atoms with Crippen LogP contribution in [0, 0.1) is 0 Å². The van der Waals surface area contributed by atoms with Crippen molar-refractivity contribution in [1.82, 2.24) is 10.6 Å². The molecule has 0 radical (unpaired) electrons. The highest BCUT2D eigenvalue weighted by Gasteiger charge is 2.61. The summed E-state index contributed by atoms with van der Waals surface area (Å²) in [5.74, 6) is -1.94. The van der Waals surface area contributed by atoms with Crippen LogP contribution in [-0.2, 0) is 90.1 Å². The molecule has 0 bridgehead atoms. The molecular weight excluding hydrogens is 1410 g/mol. The number of rotatable bonds is 24. The van der Waals surface area contributed by atoms with Gasteiger partial charge in [-0.05, 0) is 20.8 Å². The molecule has 26 N–H and O–H groups in total. The van der Waals surface area contributed by atoms with E-state index in [1.807, 2.05) is 0 Å². The summed E-state index contributed by atoms with van der Waals surface area (Å²) < 4.78 is 101. The molecule has 103 heavy (non-hydrogen) atoms. The average Bonchev–Trinajstić information content (AvgIpc) is 0.767. The maximum absolute atomic E-state index is 13.5. The van der Waals surface area contributed by atoms with Crippen molar-refractivity contribution in [2.45, 2.75) is 311 Å². The first-order valence-electron chi connectivity index (χ1n) is 33.2. The van der Waals surface area contributed by atoms with Crippen molar-refractivity contribution in [1.29, 1.82) is 0 Å². The van der Waals surface area contributed by atoms with Gasteiger partial charge in [0, 0.05) is 13.8 Å². The maximum atomic E-state index is 13.5. The molecule has 9 aliphatic heterocycles. The number of hydrogen-bond donors (Lipinski definition) is 26. The topological polar surface area (TPSA) is 701 Å². The van der Waals surface area contributed by atoms with Crippen LogP contribution >= 0.6 is 0 Å². The Morgan fingerprint density at radius 3 is 1.03 bits per heavy atom. The number of nitrogens with one attached hydrogen (secondary N) is 2. The maximum Gasteiger partial charge on any atom is 0.217 e. The molecule has 45 atom stereocenters. The zero-order valence-electron chi connectivity index (χ0n) is 55.7. The zero-order valence-corrected chi connectivity index (χ0v) is 55.7. The van der Waals surface area contributed by atoms with E-state index >= 15 is 0 Å². The first-order valence-corrected chi connectivity index (χ1v) is 33.2. The van der Waals surface area contributed by atoms with Crippen LogP contribution in [-0.4, -0.2) is 450 Å². The Kier molecular flexibility index (Phi) is 29.5. The first-order chi connectivity index (χ1) is 48.6. The summed E-state index contributed by atoms with van der Waals surface area (Å²) in [6.07, 6.45) is -85.6. The number of ether oxygens (including phenoxy) is 17. The fourth-order valence-electron chi connectivity index (χ4n) is 13.5. The van der Waals surface area contributed by atoms with Crippen LogP contribution in [0.4, 0.5) is 0 Å². The minimum absolute atomic E-state index is 0.935. The van der Waals surface area contributed by atoms with Gasteiger partial charge in [-0.25, -0.2) is 0 Å². The molecule has 0 saturated carbocycles. The molecule has 0 spiro atoms. The molecule has 9 rings (SSSR count). The van der Waals surface area contributed by atoms with Gasteiger partial charge < -0.3 is 214 Å². The second-order valence-corrected chi connectivity index (χ2v) is 26.6. The summed E-state index contributed by atoms with van der Waals surface area (Å²) in [6.45, 7) is -0.918. The van der Waals surface area contributed by atoms with Gasteiger partial charge in [0.1, 0.15) is 201 Å². The van der Waals surface area contributed by atoms with Crippen LogP contribution in [0.5, 0.6) is 0 Å². The number of amides is 2. The second-order valence-electron chi connectivity index (χ2n) is 26.6. The largest absolute Gasteiger partial charge is 0.394 e. The van der Waals surface area contributed by atoms with Gasteiger partial charge in [0.15, 0.2) is 56.6 Å². The zero-order chi connectivity index (χ0) is 75.8. The molecule has 9 aliphatic rings. The van der Waals surface area contributed by atoms with Crippen LogP contribution < -0.4 is 10.6 Å². The first kappa shape index (κ1) is 84.3. The average molecular weight is 1510 g/mol. The lowest BCUT2D eigenvalue weighted by molar-refractivity contribution is -0.397. The van der Waals surface area contributed by atoms with Gasteiger partial charge in [0.25, 0.3) is 0 Å². The van der Waals surface area contributed by atoms with E-state index in [-0.39, 0.29) is 0 Å². The standard InChI is InChI=1S/C58H98N2O43/c1-12-25(68)32(75)39(82)53(88-12)100-46-24(60-16(5)67)51(95-21(10-65)44(46)98-57-48(35(78)28(71)17(6-61)93-57)102-54-40(83)33(76)26(69)13(2)89-54)87-11-22-31(74)47(42(85)56(96-22)97-43-20(9-64)91-50(86)38(81)37(43)80)101-52-23(59-15(4)66)45(30(73)19(8-63)92-52)99-58-49(36(79)29(72)18(7-62)94-58)103-55-41(84)34(77)27(70)14(3)90-55/h12-14,17-58,61-65,68-86H,6-11H2,1-5H3,(H,59,66)(H,60,67)/t12-,13-,14-,17+,18+,19+,20+,21+,22+,23+,24+,25+,26+,27+,28-,29-,30+,31-,32+,33+,34+,35-,36-,37+,38+,39-,40-,41-,42+,43+,44+,45+,46+,47-,48+,49+,50?,51+,52-,53-,54-,55-,56-,57-,58-/m0/s1. The Bertz CT molecular complexity index is 2660. The highest BCUT2D eigenvalue weighted by atomic mass is 16.8. The van der Waals surface area contributed by atoms with Crippen molar-refractivity contribution < 1.29 is 213 Å². The third kappa shape index (κ3) is 18.0. The highest BCUT2D eigenvalue weighted by molar-refractivity contribution is 5.73. The van der Waals surface area contributed by atoms with E-state index in [1.54, 1.807) is 0 Å². The van der Waals surface area contributed by atoms with Crippen LogP contribution in [0.2, 0.25) is 0 Å². The lowest BCUT2D eigenvalue weighted by Crippen LogP contribution is -2.71. The summed E-state index contributed by atoms with van der Waals surface area (Å²) in [4.78, 5) is 26.7. The van der Waals surface area contributed by atoms with Gasteiger partial charge in [-0.1, -0.05) is 0 Å². The molecule has 45 heteroatoms. The van der Waals surface area contributed by atoms with Gasteiger partial charge in [-0.15, -0.1) is 0 Å². The van der Waals surface area contributed by atoms with E-state index in [4.69, 9.17) is 80.5 Å². The number of hydrogen-bond acceptors (Lipinski definition) is 43. The van der Waals surface area contributed by atoms with E-state index in [0.29, 0.717) is 0 Å². The van der Waals surface area contributed by atoms with Crippen molar-refractivity contribution >= 4 is 11.8 Å². The summed E-state index contributed by atoms with van der Waals surface area (Å²) >= 11 is 0. The Morgan fingerprint density at radius 2 is 0.592 bits per heavy atom. The molecular formula is C58H98N2O43. The Hall–Kier alpha value is -2.70. The molecule has 598 valence electrons. The van der Waals surface area contributed by atoms with Gasteiger partial charge >= 0.3 is 0 Å². The minimum Gasteiger partial charge on any atom is -0.394 e. The smallest absolute Gasteiger partial charge is 0.217 e. The summed E-state index contributed by atoms with van der Waals surface area (Å²) in [7, 11) is 0. The number of carbonyl (C=O) groups is 2. The Morgan fingerprint density at radius 1 is 0.272 bits per heavy atom. The number of aliphatic hydroxyl groups excluding tert-OH is 24. The third-order valence-electron chi connectivity index (χ3n) is 19.4. The van der Waals surface area contributed by atoms with Crippen molar-refractivity contribution in [3.05, 3.63) is 0 Å². The van der Waals surface area contributed by atoms with Crippen LogP contribution in [0.25, 0.3) is 0 Å². The normalized spacial score (nSPS) is 52.3. The fraction of sp³-hybridized carbons (Fsp3) is 0.966. The van der Waals surface area contributed by atoms with E-state index < -0.39 is 328 Å². The minimum atomic E-state index is -2.44. The predicted octanol–water partition coefficient (Wildman–Crippen LogP) is -17.3. The van der Waals surface area contributed by atoms with Crippen LogP contribution in [0.3, 0.4) is 0 Å². The molecule has 0 aliphatic carbocycles. The molecule has 0 aromatic carbocycles. The molecule has 0 aromatic rings. The van der Waals surface area contributed by atoms with Crippen molar-refractivity contribution in [3.8, 4) is 0 Å². The summed E-state index contributed by atoms with van der Waals surface area (Å²) in [5.41, 5.74) is 0. The van der Waals surface area contributed by atoms with Gasteiger partial charge in [0.05, 0.1) is 58.0 Å². The van der Waals surface area contributed by atoms with Gasteiger partial charge in [-0.3, -0.25) is 9.59 Å². The predicted molar refractivity (Wildman–Crippen MR) is 316 cm³/mol. The fourth-order valence-corrected chi connectivity index (χ4v) is 13.5. The highest BCUT2D eigenvalue weighted by Crippen LogP contribution is 2.40. The van der Waals surface area contributed by atoms with Crippen LogP contribution in [0.15, 0.2) is 0 Å². The monoisotopic (exact) mass is 1510 g/mol. The molecule has 1 unspecified atom stereocenters. The quantitative estimate of drug-likeness (QED) is 0.0427. The van der Waals surface area contributed by atoms with Gasteiger partial charge in [-0.2, -0.15) is 0 Å². The number of aliphatic hydroxyl groups is 24. The van der Waals surface area contributed by atoms with E-state index in [9.17, 15) is 132 Å². The van der Waals surface area contributed by atoms with Crippen LogP contribution in [0.1, 0.15) is 34.6 Å². The second kappa shape index (κ2) is 36.0. The molecule has 2 amide bonds. The Labute approximate surface area is 584 Å². The van der Waals surface area contributed by atoms with Crippen molar-refractivity contribution in [2.24, 2.45) is 0 Å².